The van der Waals surface area contributed by atoms with E-state index in [0.717, 1.165) is 0 Å². The number of aromatic amines is 1. The molecule has 1 heterocycles. The highest BCUT2D eigenvalue weighted by Crippen LogP contribution is 2.26. The number of aromatic nitrogens is 2. The summed E-state index contributed by atoms with van der Waals surface area (Å²) in [6.07, 6.45) is 2.88. The molecule has 0 aliphatic carbocycles. The largest absolute Gasteiger partial charge is 0.322 e. The maximum absolute atomic E-state index is 11.9. The molecular formula is C12H12N4O3. The van der Waals surface area contributed by atoms with Crippen molar-refractivity contribution in [1.82, 2.24) is 10.2 Å². The fourth-order valence-electron chi connectivity index (χ4n) is 1.70. The van der Waals surface area contributed by atoms with Crippen LogP contribution in [0.25, 0.3) is 0 Å². The zero-order valence-corrected chi connectivity index (χ0v) is 10.4. The van der Waals surface area contributed by atoms with Crippen molar-refractivity contribution in [3.63, 3.8) is 0 Å². The molecule has 7 heteroatoms. The standard InChI is InChI=1S/C12H12N4O3/c1-7-4-11(16(18)19)8(2)3-10(7)15-12(17)9-5-13-14-6-9/h3-6H,1-2H3,(H,13,14)(H,15,17). The molecule has 0 bridgehead atoms. The summed E-state index contributed by atoms with van der Waals surface area (Å²) in [6, 6.07) is 3.03. The lowest BCUT2D eigenvalue weighted by Gasteiger charge is -2.08. The molecule has 0 saturated carbocycles. The Morgan fingerprint density at radius 2 is 2.11 bits per heavy atom. The number of nitro groups is 1. The number of nitrogens with one attached hydrogen (secondary N) is 2. The van der Waals surface area contributed by atoms with E-state index in [2.05, 4.69) is 15.5 Å². The molecule has 1 aromatic heterocycles. The van der Waals surface area contributed by atoms with Gasteiger partial charge in [0.25, 0.3) is 11.6 Å². The van der Waals surface area contributed by atoms with E-state index < -0.39 is 4.92 Å². The van der Waals surface area contributed by atoms with E-state index in [0.29, 0.717) is 22.4 Å². The fraction of sp³-hybridized carbons (Fsp3) is 0.167. The van der Waals surface area contributed by atoms with Crippen molar-refractivity contribution in [3.8, 4) is 0 Å². The van der Waals surface area contributed by atoms with E-state index >= 15 is 0 Å². The number of H-pyrrole nitrogens is 1. The van der Waals surface area contributed by atoms with Gasteiger partial charge in [0.1, 0.15) is 0 Å². The normalized spacial score (nSPS) is 10.2. The molecule has 0 unspecified atom stereocenters. The Morgan fingerprint density at radius 3 is 2.68 bits per heavy atom. The molecule has 0 saturated heterocycles. The van der Waals surface area contributed by atoms with Crippen LogP contribution in [0.5, 0.6) is 0 Å². The summed E-state index contributed by atoms with van der Waals surface area (Å²) in [5.41, 5.74) is 2.12. The maximum Gasteiger partial charge on any atom is 0.272 e. The predicted octanol–water partition coefficient (Wildman–Crippen LogP) is 2.19. The van der Waals surface area contributed by atoms with Gasteiger partial charge in [0.05, 0.1) is 16.7 Å². The van der Waals surface area contributed by atoms with Crippen LogP contribution in [0.3, 0.4) is 0 Å². The minimum Gasteiger partial charge on any atom is -0.322 e. The summed E-state index contributed by atoms with van der Waals surface area (Å²) in [5, 5.41) is 19.7. The van der Waals surface area contributed by atoms with Crippen LogP contribution in [0.1, 0.15) is 21.5 Å². The summed E-state index contributed by atoms with van der Waals surface area (Å²) >= 11 is 0. The predicted molar refractivity (Wildman–Crippen MR) is 69.1 cm³/mol. The third kappa shape index (κ3) is 2.59. The second-order valence-electron chi connectivity index (χ2n) is 4.15. The second-order valence-corrected chi connectivity index (χ2v) is 4.15. The Kier molecular flexibility index (Phi) is 3.28. The van der Waals surface area contributed by atoms with Crippen molar-refractivity contribution in [2.75, 3.05) is 5.32 Å². The molecule has 1 aromatic carbocycles. The average molecular weight is 260 g/mol. The minimum atomic E-state index is -0.440. The molecule has 0 atom stereocenters. The number of benzene rings is 1. The molecule has 2 aromatic rings. The summed E-state index contributed by atoms with van der Waals surface area (Å²) in [4.78, 5) is 22.2. The molecule has 0 aliphatic rings. The summed E-state index contributed by atoms with van der Waals surface area (Å²) in [7, 11) is 0. The van der Waals surface area contributed by atoms with E-state index in [9.17, 15) is 14.9 Å². The lowest BCUT2D eigenvalue weighted by molar-refractivity contribution is -0.385. The second kappa shape index (κ2) is 4.89. The molecule has 0 radical (unpaired) electrons. The molecule has 0 fully saturated rings. The van der Waals surface area contributed by atoms with Gasteiger partial charge in [0.15, 0.2) is 0 Å². The topological polar surface area (TPSA) is 101 Å². The molecule has 2 N–H and O–H groups in total. The van der Waals surface area contributed by atoms with Crippen molar-refractivity contribution in [3.05, 3.63) is 51.3 Å². The number of nitrogens with zero attached hydrogens (tertiary/aromatic N) is 2. The number of anilines is 1. The minimum absolute atomic E-state index is 0.0406. The Balaban J connectivity index is 2.29. The highest BCUT2D eigenvalue weighted by Gasteiger charge is 2.15. The summed E-state index contributed by atoms with van der Waals surface area (Å²) in [6.45, 7) is 3.34. The molecule has 2 rings (SSSR count). The Bertz CT molecular complexity index is 635. The van der Waals surface area contributed by atoms with Gasteiger partial charge in [-0.05, 0) is 25.5 Å². The van der Waals surface area contributed by atoms with E-state index in [1.807, 2.05) is 0 Å². The first-order valence-electron chi connectivity index (χ1n) is 5.55. The number of carbonyl (C=O) groups is 1. The van der Waals surface area contributed by atoms with Crippen LogP contribution in [0.2, 0.25) is 0 Å². The van der Waals surface area contributed by atoms with Crippen LogP contribution in [0, 0.1) is 24.0 Å². The number of hydrogen-bond donors (Lipinski definition) is 2. The average Bonchev–Trinajstić information content (AvgIpc) is 2.86. The number of nitro benzene ring substituents is 1. The summed E-state index contributed by atoms with van der Waals surface area (Å²) < 4.78 is 0. The lowest BCUT2D eigenvalue weighted by Crippen LogP contribution is -2.12. The monoisotopic (exact) mass is 260 g/mol. The first-order chi connectivity index (χ1) is 8.99. The first-order valence-corrected chi connectivity index (χ1v) is 5.55. The van der Waals surface area contributed by atoms with Gasteiger partial charge in [0.2, 0.25) is 0 Å². The van der Waals surface area contributed by atoms with Crippen molar-refractivity contribution in [2.45, 2.75) is 13.8 Å². The Labute approximate surface area is 108 Å². The zero-order valence-electron chi connectivity index (χ0n) is 10.4. The van der Waals surface area contributed by atoms with Crippen LogP contribution in [0.15, 0.2) is 24.5 Å². The number of rotatable bonds is 3. The molecular weight excluding hydrogens is 248 g/mol. The van der Waals surface area contributed by atoms with Gasteiger partial charge in [-0.15, -0.1) is 0 Å². The highest BCUT2D eigenvalue weighted by atomic mass is 16.6. The van der Waals surface area contributed by atoms with E-state index in [-0.39, 0.29) is 11.6 Å². The smallest absolute Gasteiger partial charge is 0.272 e. The van der Waals surface area contributed by atoms with Gasteiger partial charge in [-0.3, -0.25) is 20.0 Å². The third-order valence-corrected chi connectivity index (χ3v) is 2.75. The van der Waals surface area contributed by atoms with Crippen LogP contribution >= 0.6 is 0 Å². The van der Waals surface area contributed by atoms with Crippen LogP contribution in [-0.4, -0.2) is 21.0 Å². The van der Waals surface area contributed by atoms with E-state index in [1.54, 1.807) is 19.9 Å². The zero-order chi connectivity index (χ0) is 14.0. The van der Waals surface area contributed by atoms with Gasteiger partial charge in [-0.2, -0.15) is 5.10 Å². The third-order valence-electron chi connectivity index (χ3n) is 2.75. The molecule has 1 amide bonds. The SMILES string of the molecule is Cc1cc([N+](=O)[O-])c(C)cc1NC(=O)c1cn[nH]c1. The highest BCUT2D eigenvalue weighted by molar-refractivity contribution is 6.04. The van der Waals surface area contributed by atoms with Crippen molar-refractivity contribution in [2.24, 2.45) is 0 Å². The molecule has 0 spiro atoms. The Hall–Kier alpha value is -2.70. The molecule has 98 valence electrons. The van der Waals surface area contributed by atoms with Crippen molar-refractivity contribution in [1.29, 1.82) is 0 Å². The van der Waals surface area contributed by atoms with Gasteiger partial charge < -0.3 is 5.32 Å². The molecule has 7 nitrogen and oxygen atoms in total. The van der Waals surface area contributed by atoms with Crippen molar-refractivity contribution < 1.29 is 9.72 Å². The molecule has 19 heavy (non-hydrogen) atoms. The van der Waals surface area contributed by atoms with Gasteiger partial charge in [-0.25, -0.2) is 0 Å². The van der Waals surface area contributed by atoms with Crippen LogP contribution in [0.4, 0.5) is 11.4 Å². The number of hydrogen-bond acceptors (Lipinski definition) is 4. The Morgan fingerprint density at radius 1 is 1.37 bits per heavy atom. The van der Waals surface area contributed by atoms with Gasteiger partial charge in [-0.1, -0.05) is 0 Å². The first kappa shape index (κ1) is 12.7. The summed E-state index contributed by atoms with van der Waals surface area (Å²) in [5.74, 6) is -0.315. The maximum atomic E-state index is 11.9. The van der Waals surface area contributed by atoms with Gasteiger partial charge in [0, 0.05) is 23.5 Å². The van der Waals surface area contributed by atoms with Gasteiger partial charge >= 0.3 is 0 Å². The van der Waals surface area contributed by atoms with Crippen molar-refractivity contribution >= 4 is 17.3 Å². The molecule has 0 aliphatic heterocycles. The number of carbonyl (C=O) groups excluding carboxylic acids is 1. The fourth-order valence-corrected chi connectivity index (χ4v) is 1.70. The van der Waals surface area contributed by atoms with Crippen LogP contribution < -0.4 is 5.32 Å². The lowest BCUT2D eigenvalue weighted by atomic mass is 10.1. The van der Waals surface area contributed by atoms with Crippen LogP contribution in [-0.2, 0) is 0 Å². The quantitative estimate of drug-likeness (QED) is 0.652. The van der Waals surface area contributed by atoms with E-state index in [1.165, 1.54) is 18.5 Å². The van der Waals surface area contributed by atoms with E-state index in [4.69, 9.17) is 0 Å². The number of aryl methyl sites for hydroxylation is 2. The number of amides is 1.